The Hall–Kier alpha value is -2.77. The van der Waals surface area contributed by atoms with Crippen molar-refractivity contribution in [1.29, 1.82) is 0 Å². The van der Waals surface area contributed by atoms with Crippen molar-refractivity contribution in [2.45, 2.75) is 13.5 Å². The van der Waals surface area contributed by atoms with Crippen molar-refractivity contribution >= 4 is 34.6 Å². The third-order valence-electron chi connectivity index (χ3n) is 4.08. The lowest BCUT2D eigenvalue weighted by Crippen LogP contribution is -2.29. The van der Waals surface area contributed by atoms with Gasteiger partial charge in [0.2, 0.25) is 0 Å². The van der Waals surface area contributed by atoms with Crippen molar-refractivity contribution in [1.82, 2.24) is 19.5 Å². The minimum absolute atomic E-state index is 0.476. The topological polar surface area (TPSA) is 84.1 Å². The maximum atomic E-state index is 9.18. The summed E-state index contributed by atoms with van der Waals surface area (Å²) in [6.07, 6.45) is 3.53. The number of rotatable bonds is 3. The number of pyridine rings is 2. The molecule has 118 valence electrons. The fourth-order valence-corrected chi connectivity index (χ4v) is 2.85. The largest absolute Gasteiger partial charge is 0.488 e. The molecule has 7 heteroatoms. The third-order valence-corrected chi connectivity index (χ3v) is 4.08. The van der Waals surface area contributed by atoms with Gasteiger partial charge in [0.15, 0.2) is 5.65 Å². The molecule has 0 saturated heterocycles. The minimum atomic E-state index is -1.45. The van der Waals surface area contributed by atoms with Gasteiger partial charge in [-0.15, -0.1) is 0 Å². The van der Waals surface area contributed by atoms with Gasteiger partial charge in [-0.25, -0.2) is 15.0 Å². The monoisotopic (exact) mass is 318 g/mol. The molecule has 3 heterocycles. The average Bonchev–Trinajstić information content (AvgIpc) is 2.98. The van der Waals surface area contributed by atoms with Crippen LogP contribution in [0.2, 0.25) is 0 Å². The lowest BCUT2D eigenvalue weighted by molar-refractivity contribution is 0.426. The predicted octanol–water partition coefficient (Wildman–Crippen LogP) is 1.02. The van der Waals surface area contributed by atoms with Crippen LogP contribution in [-0.4, -0.2) is 36.7 Å². The zero-order chi connectivity index (χ0) is 16.7. The molecule has 6 nitrogen and oxygen atoms in total. The van der Waals surface area contributed by atoms with E-state index in [0.29, 0.717) is 17.7 Å². The van der Waals surface area contributed by atoms with Crippen molar-refractivity contribution in [2.24, 2.45) is 0 Å². The molecule has 0 aliphatic heterocycles. The summed E-state index contributed by atoms with van der Waals surface area (Å²) in [5, 5.41) is 19.3. The SMILES string of the molecule is Cc1ccc2c(ncc3ncn(Cc4ccc(B(O)O)cc4)c32)n1. The highest BCUT2D eigenvalue weighted by molar-refractivity contribution is 6.58. The Morgan fingerprint density at radius 2 is 1.83 bits per heavy atom. The van der Waals surface area contributed by atoms with Crippen LogP contribution in [0.4, 0.5) is 0 Å². The molecule has 0 spiro atoms. The maximum Gasteiger partial charge on any atom is 0.488 e. The molecule has 4 aromatic rings. The predicted molar refractivity (Wildman–Crippen MR) is 92.9 cm³/mol. The number of aromatic nitrogens is 4. The van der Waals surface area contributed by atoms with E-state index >= 15 is 0 Å². The van der Waals surface area contributed by atoms with Crippen LogP contribution in [0, 0.1) is 6.92 Å². The van der Waals surface area contributed by atoms with E-state index in [1.807, 2.05) is 31.2 Å². The highest BCUT2D eigenvalue weighted by Gasteiger charge is 2.12. The molecule has 0 aliphatic carbocycles. The molecule has 0 unspecified atom stereocenters. The molecule has 1 aromatic carbocycles. The zero-order valence-corrected chi connectivity index (χ0v) is 13.1. The highest BCUT2D eigenvalue weighted by atomic mass is 16.4. The van der Waals surface area contributed by atoms with Crippen LogP contribution in [-0.2, 0) is 6.54 Å². The Morgan fingerprint density at radius 3 is 2.58 bits per heavy atom. The summed E-state index contributed by atoms with van der Waals surface area (Å²) in [5.74, 6) is 0. The molecule has 0 amide bonds. The first-order valence-electron chi connectivity index (χ1n) is 7.64. The third kappa shape index (κ3) is 2.53. The van der Waals surface area contributed by atoms with Gasteiger partial charge in [-0.1, -0.05) is 24.3 Å². The van der Waals surface area contributed by atoms with Crippen LogP contribution in [0.3, 0.4) is 0 Å². The van der Waals surface area contributed by atoms with Crippen molar-refractivity contribution < 1.29 is 10.0 Å². The van der Waals surface area contributed by atoms with Gasteiger partial charge < -0.3 is 14.6 Å². The Morgan fingerprint density at radius 1 is 1.04 bits per heavy atom. The minimum Gasteiger partial charge on any atom is -0.423 e. The smallest absolute Gasteiger partial charge is 0.423 e. The first kappa shape index (κ1) is 14.8. The Balaban J connectivity index is 1.79. The molecular weight excluding hydrogens is 303 g/mol. The van der Waals surface area contributed by atoms with E-state index in [1.165, 1.54) is 0 Å². The molecule has 24 heavy (non-hydrogen) atoms. The van der Waals surface area contributed by atoms with Crippen LogP contribution >= 0.6 is 0 Å². The molecule has 0 fully saturated rings. The van der Waals surface area contributed by atoms with Crippen molar-refractivity contribution in [3.8, 4) is 0 Å². The first-order valence-corrected chi connectivity index (χ1v) is 7.64. The average molecular weight is 318 g/mol. The van der Waals surface area contributed by atoms with E-state index in [0.717, 1.165) is 27.7 Å². The summed E-state index contributed by atoms with van der Waals surface area (Å²) < 4.78 is 2.06. The van der Waals surface area contributed by atoms with Crippen LogP contribution < -0.4 is 5.46 Å². The normalized spacial score (nSPS) is 11.3. The molecule has 3 aromatic heterocycles. The number of imidazole rings is 1. The van der Waals surface area contributed by atoms with E-state index in [9.17, 15) is 10.0 Å². The maximum absolute atomic E-state index is 9.18. The van der Waals surface area contributed by atoms with E-state index in [-0.39, 0.29) is 0 Å². The number of hydrogen-bond donors (Lipinski definition) is 2. The molecule has 0 radical (unpaired) electrons. The Kier molecular flexibility index (Phi) is 3.52. The van der Waals surface area contributed by atoms with Gasteiger partial charge in [-0.3, -0.25) is 0 Å². The van der Waals surface area contributed by atoms with Crippen molar-refractivity contribution in [3.05, 3.63) is 60.2 Å². The summed E-state index contributed by atoms with van der Waals surface area (Å²) in [5.41, 5.74) is 4.99. The summed E-state index contributed by atoms with van der Waals surface area (Å²) in [7, 11) is -1.45. The second kappa shape index (κ2) is 5.70. The second-order valence-electron chi connectivity index (χ2n) is 5.80. The number of benzene rings is 1. The van der Waals surface area contributed by atoms with Crippen LogP contribution in [0.25, 0.3) is 22.1 Å². The number of aryl methyl sites for hydroxylation is 1. The molecule has 0 saturated carbocycles. The summed E-state index contributed by atoms with van der Waals surface area (Å²) in [6.45, 7) is 2.57. The van der Waals surface area contributed by atoms with E-state index in [4.69, 9.17) is 0 Å². The molecular formula is C17H15BN4O2. The van der Waals surface area contributed by atoms with Gasteiger partial charge in [0.1, 0.15) is 5.52 Å². The summed E-state index contributed by atoms with van der Waals surface area (Å²) >= 11 is 0. The fourth-order valence-electron chi connectivity index (χ4n) is 2.85. The zero-order valence-electron chi connectivity index (χ0n) is 13.1. The van der Waals surface area contributed by atoms with E-state index in [2.05, 4.69) is 19.5 Å². The van der Waals surface area contributed by atoms with Gasteiger partial charge in [-0.05, 0) is 30.1 Å². The Bertz CT molecular complexity index is 1030. The quantitative estimate of drug-likeness (QED) is 0.551. The van der Waals surface area contributed by atoms with Gasteiger partial charge in [0.25, 0.3) is 0 Å². The summed E-state index contributed by atoms with van der Waals surface area (Å²) in [6, 6.07) is 11.2. The number of fused-ring (bicyclic) bond motifs is 3. The van der Waals surface area contributed by atoms with Gasteiger partial charge >= 0.3 is 7.12 Å². The molecule has 0 bridgehead atoms. The standard InChI is InChI=1S/C17H15BN4O2/c1-11-2-7-14-16-15(8-19-17(14)21-11)20-10-22(16)9-12-3-5-13(6-4-12)18(23)24/h2-8,10,23-24H,9H2,1H3. The first-order chi connectivity index (χ1) is 11.6. The van der Waals surface area contributed by atoms with Gasteiger partial charge in [0, 0.05) is 17.6 Å². The molecule has 0 aliphatic rings. The number of hydrogen-bond acceptors (Lipinski definition) is 5. The van der Waals surface area contributed by atoms with Crippen molar-refractivity contribution in [3.63, 3.8) is 0 Å². The van der Waals surface area contributed by atoms with Gasteiger partial charge in [-0.2, -0.15) is 0 Å². The number of nitrogens with zero attached hydrogens (tertiary/aromatic N) is 4. The molecule has 0 atom stereocenters. The van der Waals surface area contributed by atoms with Crippen molar-refractivity contribution in [2.75, 3.05) is 0 Å². The summed E-state index contributed by atoms with van der Waals surface area (Å²) in [4.78, 5) is 13.3. The second-order valence-corrected chi connectivity index (χ2v) is 5.80. The lowest BCUT2D eigenvalue weighted by atomic mass is 9.80. The molecule has 2 N–H and O–H groups in total. The lowest BCUT2D eigenvalue weighted by Gasteiger charge is -2.08. The van der Waals surface area contributed by atoms with Crippen LogP contribution in [0.5, 0.6) is 0 Å². The Labute approximate surface area is 138 Å². The van der Waals surface area contributed by atoms with Gasteiger partial charge in [0.05, 0.1) is 18.0 Å². The highest BCUT2D eigenvalue weighted by Crippen LogP contribution is 2.22. The van der Waals surface area contributed by atoms with E-state index in [1.54, 1.807) is 24.7 Å². The molecule has 4 rings (SSSR count). The fraction of sp³-hybridized carbons (Fsp3) is 0.118. The van der Waals surface area contributed by atoms with Crippen LogP contribution in [0.15, 0.2) is 48.9 Å². The van der Waals surface area contributed by atoms with Crippen LogP contribution in [0.1, 0.15) is 11.3 Å². The van der Waals surface area contributed by atoms with E-state index < -0.39 is 7.12 Å².